The van der Waals surface area contributed by atoms with Gasteiger partial charge >= 0.3 is 0 Å². The van der Waals surface area contributed by atoms with Gasteiger partial charge < -0.3 is 9.84 Å². The van der Waals surface area contributed by atoms with Crippen molar-refractivity contribution >= 4 is 11.6 Å². The minimum Gasteiger partial charge on any atom is -0.490 e. The van der Waals surface area contributed by atoms with Gasteiger partial charge in [-0.1, -0.05) is 23.7 Å². The Bertz CT molecular complexity index is 912. The molecule has 4 atom stereocenters. The molecule has 0 bridgehead atoms. The van der Waals surface area contributed by atoms with Crippen molar-refractivity contribution in [1.29, 1.82) is 5.26 Å². The summed E-state index contributed by atoms with van der Waals surface area (Å²) in [6.45, 7) is 0.0657. The summed E-state index contributed by atoms with van der Waals surface area (Å²) in [7, 11) is 0. The lowest BCUT2D eigenvalue weighted by Gasteiger charge is -2.51. The van der Waals surface area contributed by atoms with E-state index in [9.17, 15) is 19.1 Å². The molecule has 0 radical (unpaired) electrons. The fraction of sp³-hybridized carbons (Fsp3) is 0.381. The maximum absolute atomic E-state index is 14.9. The predicted molar refractivity (Wildman–Crippen MR) is 96.5 cm³/mol. The van der Waals surface area contributed by atoms with Gasteiger partial charge in [-0.3, -0.25) is 0 Å². The van der Waals surface area contributed by atoms with E-state index in [4.69, 9.17) is 16.3 Å². The van der Waals surface area contributed by atoms with E-state index in [1.54, 1.807) is 12.1 Å². The molecule has 1 N–H and O–H groups in total. The van der Waals surface area contributed by atoms with Crippen LogP contribution in [-0.4, -0.2) is 17.8 Å². The number of aliphatic hydroxyl groups is 1. The zero-order valence-electron chi connectivity index (χ0n) is 14.5. The maximum atomic E-state index is 14.9. The van der Waals surface area contributed by atoms with Crippen LogP contribution >= 0.6 is 11.6 Å². The largest absolute Gasteiger partial charge is 0.490 e. The Morgan fingerprint density at radius 1 is 1.19 bits per heavy atom. The normalized spacial score (nSPS) is 29.2. The molecule has 0 spiro atoms. The highest BCUT2D eigenvalue weighted by atomic mass is 35.5. The van der Waals surface area contributed by atoms with Gasteiger partial charge in [0.05, 0.1) is 24.7 Å². The number of nitriles is 1. The van der Waals surface area contributed by atoms with Crippen LogP contribution in [0.2, 0.25) is 5.02 Å². The van der Waals surface area contributed by atoms with Crippen LogP contribution in [0.4, 0.5) is 8.78 Å². The summed E-state index contributed by atoms with van der Waals surface area (Å²) in [4.78, 5) is 0. The first-order chi connectivity index (χ1) is 13.0. The van der Waals surface area contributed by atoms with Crippen molar-refractivity contribution < 1.29 is 18.6 Å². The highest BCUT2D eigenvalue weighted by Gasteiger charge is 2.55. The first kappa shape index (κ1) is 18.2. The second-order valence-corrected chi connectivity index (χ2v) is 7.81. The average Bonchev–Trinajstić information content (AvgIpc) is 2.66. The van der Waals surface area contributed by atoms with Gasteiger partial charge in [0.25, 0.3) is 0 Å². The van der Waals surface area contributed by atoms with Crippen LogP contribution in [0.1, 0.15) is 24.0 Å². The van der Waals surface area contributed by atoms with Crippen molar-refractivity contribution in [1.82, 2.24) is 0 Å². The lowest BCUT2D eigenvalue weighted by atomic mass is 9.55. The summed E-state index contributed by atoms with van der Waals surface area (Å²) in [6.07, 6.45) is 0.394. The van der Waals surface area contributed by atoms with E-state index in [2.05, 4.69) is 6.07 Å². The topological polar surface area (TPSA) is 53.2 Å². The van der Waals surface area contributed by atoms with Gasteiger partial charge in [-0.05, 0) is 49.1 Å². The van der Waals surface area contributed by atoms with Gasteiger partial charge in [0.15, 0.2) is 11.6 Å². The fourth-order valence-corrected chi connectivity index (χ4v) is 4.84. The lowest BCUT2D eigenvalue weighted by molar-refractivity contribution is -0.0236. The van der Waals surface area contributed by atoms with Crippen molar-refractivity contribution in [2.45, 2.75) is 30.8 Å². The van der Waals surface area contributed by atoms with Crippen molar-refractivity contribution in [3.05, 3.63) is 64.2 Å². The molecule has 2 aromatic carbocycles. The standard InChI is InChI=1S/C21H18ClF2NO2/c22-13-3-1-12(2-4-13)9-21-8-7-18(26)14(10-25)15(21)11-27-20-17(24)6-5-16(23)19(20)21/h1-6,14-15,18,26H,7-9,11H2/t14-,15-,18-,21-/m0/s1. The molecule has 0 saturated heterocycles. The first-order valence-corrected chi connectivity index (χ1v) is 9.27. The number of nitrogens with zero attached hydrogens (tertiary/aromatic N) is 1. The molecule has 6 heteroatoms. The number of fused-ring (bicyclic) bond motifs is 3. The van der Waals surface area contributed by atoms with Gasteiger partial charge in [0.1, 0.15) is 5.82 Å². The summed E-state index contributed by atoms with van der Waals surface area (Å²) in [6, 6.07) is 11.6. The summed E-state index contributed by atoms with van der Waals surface area (Å²) in [5.41, 5.74) is 0.266. The molecular formula is C21H18ClF2NO2. The number of hydrogen-bond acceptors (Lipinski definition) is 3. The van der Waals surface area contributed by atoms with E-state index in [0.29, 0.717) is 24.3 Å². The van der Waals surface area contributed by atoms with E-state index < -0.39 is 35.0 Å². The maximum Gasteiger partial charge on any atom is 0.165 e. The van der Waals surface area contributed by atoms with Crippen molar-refractivity contribution in [2.24, 2.45) is 11.8 Å². The van der Waals surface area contributed by atoms with Crippen LogP contribution in [0.25, 0.3) is 0 Å². The number of ether oxygens (including phenoxy) is 1. The molecule has 2 aliphatic rings. The Kier molecular flexibility index (Phi) is 4.57. The van der Waals surface area contributed by atoms with Crippen molar-refractivity contribution in [3.8, 4) is 11.8 Å². The molecule has 1 fully saturated rings. The van der Waals surface area contributed by atoms with E-state index in [1.165, 1.54) is 0 Å². The van der Waals surface area contributed by atoms with Crippen LogP contribution < -0.4 is 4.74 Å². The number of hydrogen-bond donors (Lipinski definition) is 1. The molecule has 27 heavy (non-hydrogen) atoms. The second kappa shape index (κ2) is 6.78. The number of halogens is 3. The van der Waals surface area contributed by atoms with Gasteiger partial charge in [-0.2, -0.15) is 5.26 Å². The first-order valence-electron chi connectivity index (χ1n) is 8.89. The highest BCUT2D eigenvalue weighted by molar-refractivity contribution is 6.30. The molecule has 1 saturated carbocycles. The van der Waals surface area contributed by atoms with Crippen LogP contribution in [0.5, 0.6) is 5.75 Å². The van der Waals surface area contributed by atoms with Crippen LogP contribution in [0, 0.1) is 34.8 Å². The Morgan fingerprint density at radius 3 is 2.59 bits per heavy atom. The van der Waals surface area contributed by atoms with Gasteiger partial charge in [-0.25, -0.2) is 8.78 Å². The molecule has 2 aromatic rings. The Hall–Kier alpha value is -2.16. The van der Waals surface area contributed by atoms with E-state index >= 15 is 0 Å². The summed E-state index contributed by atoms with van der Waals surface area (Å²) in [5.74, 6) is -2.38. The number of benzene rings is 2. The lowest BCUT2D eigenvalue weighted by Crippen LogP contribution is -2.54. The van der Waals surface area contributed by atoms with E-state index in [-0.39, 0.29) is 17.9 Å². The molecular weight excluding hydrogens is 372 g/mol. The predicted octanol–water partition coefficient (Wildman–Crippen LogP) is 4.40. The van der Waals surface area contributed by atoms with Crippen LogP contribution in [-0.2, 0) is 11.8 Å². The molecule has 1 aliphatic heterocycles. The van der Waals surface area contributed by atoms with E-state index in [0.717, 1.165) is 17.7 Å². The van der Waals surface area contributed by atoms with Crippen LogP contribution in [0.3, 0.4) is 0 Å². The molecule has 140 valence electrons. The second-order valence-electron chi connectivity index (χ2n) is 7.37. The van der Waals surface area contributed by atoms with Gasteiger partial charge in [-0.15, -0.1) is 0 Å². The minimum atomic E-state index is -0.826. The fourth-order valence-electron chi connectivity index (χ4n) is 4.72. The minimum absolute atomic E-state index is 0.0657. The van der Waals surface area contributed by atoms with Crippen LogP contribution in [0.15, 0.2) is 36.4 Å². The Balaban J connectivity index is 1.90. The summed E-state index contributed by atoms with van der Waals surface area (Å²) < 4.78 is 34.9. The molecule has 3 nitrogen and oxygen atoms in total. The average molecular weight is 390 g/mol. The zero-order chi connectivity index (χ0) is 19.2. The summed E-state index contributed by atoms with van der Waals surface area (Å²) in [5, 5.41) is 20.6. The molecule has 4 rings (SSSR count). The Labute approximate surface area is 161 Å². The third kappa shape index (κ3) is 2.88. The monoisotopic (exact) mass is 389 g/mol. The molecule has 0 unspecified atom stereocenters. The molecule has 0 amide bonds. The molecule has 0 aromatic heterocycles. The van der Waals surface area contributed by atoms with Crippen molar-refractivity contribution in [2.75, 3.05) is 6.61 Å². The third-order valence-electron chi connectivity index (χ3n) is 5.99. The SMILES string of the molecule is N#C[C@@H]1[C@@H](O)CC[C@@]2(Cc3ccc(Cl)cc3)c3c(F)ccc(F)c3OC[C@@H]12. The van der Waals surface area contributed by atoms with Crippen molar-refractivity contribution in [3.63, 3.8) is 0 Å². The van der Waals surface area contributed by atoms with Gasteiger partial charge in [0, 0.05) is 21.9 Å². The number of aliphatic hydroxyl groups excluding tert-OH is 1. The quantitative estimate of drug-likeness (QED) is 0.828. The smallest absolute Gasteiger partial charge is 0.165 e. The zero-order valence-corrected chi connectivity index (χ0v) is 15.2. The van der Waals surface area contributed by atoms with E-state index in [1.807, 2.05) is 12.1 Å². The Morgan fingerprint density at radius 2 is 1.89 bits per heavy atom. The van der Waals surface area contributed by atoms with Gasteiger partial charge in [0.2, 0.25) is 0 Å². The number of rotatable bonds is 2. The summed E-state index contributed by atoms with van der Waals surface area (Å²) >= 11 is 5.98. The highest BCUT2D eigenvalue weighted by Crippen LogP contribution is 2.55. The third-order valence-corrected chi connectivity index (χ3v) is 6.24. The molecule has 1 aliphatic carbocycles. The molecule has 1 heterocycles.